The highest BCUT2D eigenvalue weighted by Crippen LogP contribution is 1.92. The summed E-state index contributed by atoms with van der Waals surface area (Å²) in [6, 6.07) is 6.08. The van der Waals surface area contributed by atoms with Crippen LogP contribution >= 0.6 is 0 Å². The summed E-state index contributed by atoms with van der Waals surface area (Å²) in [6.45, 7) is 0.927. The molecule has 0 spiro atoms. The van der Waals surface area contributed by atoms with Gasteiger partial charge < -0.3 is 5.43 Å². The molecule has 0 atom stereocenters. The quantitative estimate of drug-likeness (QED) is 0.671. The van der Waals surface area contributed by atoms with Crippen LogP contribution in [0.2, 0.25) is 0 Å². The molecule has 1 heterocycles. The Kier molecular flexibility index (Phi) is 3.79. The van der Waals surface area contributed by atoms with E-state index in [-0.39, 0.29) is 0 Å². The number of nitrogens with one attached hydrogen (secondary N) is 1. The Morgan fingerprint density at radius 3 is 2.67 bits per heavy atom. The van der Waals surface area contributed by atoms with E-state index in [1.165, 1.54) is 0 Å². The van der Waals surface area contributed by atoms with Crippen LogP contribution in [0.4, 0.5) is 0 Å². The van der Waals surface area contributed by atoms with Crippen LogP contribution in [0.25, 0.3) is 0 Å². The average molecular weight is 163 g/mol. The molecule has 1 aromatic rings. The van der Waals surface area contributed by atoms with E-state index >= 15 is 0 Å². The molecule has 0 fully saturated rings. The van der Waals surface area contributed by atoms with Crippen LogP contribution in [-0.2, 0) is 0 Å². The van der Waals surface area contributed by atoms with Gasteiger partial charge in [0.25, 0.3) is 0 Å². The van der Waals surface area contributed by atoms with E-state index in [9.17, 15) is 0 Å². The summed E-state index contributed by atoms with van der Waals surface area (Å²) in [4.78, 5) is 0. The van der Waals surface area contributed by atoms with Crippen LogP contribution in [0.15, 0.2) is 24.5 Å². The fourth-order valence-electron chi connectivity index (χ4n) is 0.977. The van der Waals surface area contributed by atoms with Crippen molar-refractivity contribution in [2.45, 2.75) is 19.3 Å². The van der Waals surface area contributed by atoms with Gasteiger partial charge >= 0.3 is 0 Å². The first kappa shape index (κ1) is 8.66. The van der Waals surface area contributed by atoms with Gasteiger partial charge in [0.05, 0.1) is 6.07 Å². The number of aromatic nitrogens is 1. The highest BCUT2D eigenvalue weighted by atomic mass is 15.4. The van der Waals surface area contributed by atoms with E-state index < -0.39 is 0 Å². The van der Waals surface area contributed by atoms with E-state index in [0.717, 1.165) is 19.4 Å². The van der Waals surface area contributed by atoms with Gasteiger partial charge in [0.15, 0.2) is 0 Å². The summed E-state index contributed by atoms with van der Waals surface area (Å²) in [5, 5.41) is 8.27. The fraction of sp³-hybridized carbons (Fsp3) is 0.444. The van der Waals surface area contributed by atoms with Crippen molar-refractivity contribution >= 4 is 0 Å². The predicted octanol–water partition coefficient (Wildman–Crippen LogP) is 1.73. The molecule has 0 saturated carbocycles. The third-order valence-corrected chi connectivity index (χ3v) is 1.61. The number of nitriles is 1. The van der Waals surface area contributed by atoms with Crippen LogP contribution in [0.1, 0.15) is 19.3 Å². The molecule has 0 aromatic carbocycles. The maximum Gasteiger partial charge on any atom is 0.0621 e. The molecule has 0 bridgehead atoms. The lowest BCUT2D eigenvalue weighted by molar-refractivity contribution is 0.728. The second-order valence-electron chi connectivity index (χ2n) is 2.61. The molecule has 1 aromatic heterocycles. The zero-order chi connectivity index (χ0) is 8.65. The Labute approximate surface area is 72.6 Å². The minimum atomic E-state index is 0.660. The average Bonchev–Trinajstić information content (AvgIpc) is 2.57. The molecule has 0 radical (unpaired) electrons. The van der Waals surface area contributed by atoms with Gasteiger partial charge in [-0.15, -0.1) is 0 Å². The van der Waals surface area contributed by atoms with Gasteiger partial charge in [-0.1, -0.05) is 0 Å². The topological polar surface area (TPSA) is 40.8 Å². The Hall–Kier alpha value is -1.43. The lowest BCUT2D eigenvalue weighted by atomic mass is 10.2. The predicted molar refractivity (Wildman–Crippen MR) is 48.1 cm³/mol. The van der Waals surface area contributed by atoms with Crippen molar-refractivity contribution < 1.29 is 0 Å². The van der Waals surface area contributed by atoms with E-state index in [2.05, 4.69) is 11.5 Å². The normalized spacial score (nSPS) is 9.25. The Bertz CT molecular complexity index is 233. The van der Waals surface area contributed by atoms with Crippen molar-refractivity contribution in [1.82, 2.24) is 4.68 Å². The van der Waals surface area contributed by atoms with Crippen molar-refractivity contribution in [3.8, 4) is 6.07 Å². The van der Waals surface area contributed by atoms with Crippen LogP contribution in [0.3, 0.4) is 0 Å². The van der Waals surface area contributed by atoms with E-state index in [1.54, 1.807) is 0 Å². The smallest absolute Gasteiger partial charge is 0.0621 e. The fourth-order valence-corrected chi connectivity index (χ4v) is 0.977. The molecule has 3 heteroatoms. The first-order valence-corrected chi connectivity index (χ1v) is 4.17. The number of unbranched alkanes of at least 4 members (excludes halogenated alkanes) is 2. The summed E-state index contributed by atoms with van der Waals surface area (Å²) in [7, 11) is 0. The zero-order valence-electron chi connectivity index (χ0n) is 7.03. The Morgan fingerprint density at radius 2 is 2.00 bits per heavy atom. The first-order valence-electron chi connectivity index (χ1n) is 4.17. The largest absolute Gasteiger partial charge is 0.326 e. The highest BCUT2D eigenvalue weighted by Gasteiger charge is 1.87. The highest BCUT2D eigenvalue weighted by molar-refractivity contribution is 4.92. The first-order chi connectivity index (χ1) is 5.93. The molecular weight excluding hydrogens is 150 g/mol. The monoisotopic (exact) mass is 163 g/mol. The minimum Gasteiger partial charge on any atom is -0.326 e. The minimum absolute atomic E-state index is 0.660. The maximum atomic E-state index is 8.27. The molecular formula is C9H13N3. The molecule has 64 valence electrons. The van der Waals surface area contributed by atoms with Gasteiger partial charge in [-0.2, -0.15) is 5.26 Å². The molecule has 0 aliphatic carbocycles. The number of rotatable bonds is 5. The van der Waals surface area contributed by atoms with Crippen molar-refractivity contribution in [3.63, 3.8) is 0 Å². The Morgan fingerprint density at radius 1 is 1.25 bits per heavy atom. The lowest BCUT2D eigenvalue weighted by Crippen LogP contribution is -2.13. The SMILES string of the molecule is N#CCCCCNn1cccc1. The zero-order valence-corrected chi connectivity index (χ0v) is 7.03. The molecule has 12 heavy (non-hydrogen) atoms. The second kappa shape index (κ2) is 5.25. The van der Waals surface area contributed by atoms with Gasteiger partial charge in [0, 0.05) is 25.4 Å². The summed E-state index contributed by atoms with van der Waals surface area (Å²) in [5.41, 5.74) is 3.19. The lowest BCUT2D eigenvalue weighted by Gasteiger charge is -2.05. The van der Waals surface area contributed by atoms with Crippen LogP contribution in [0, 0.1) is 11.3 Å². The molecule has 1 N–H and O–H groups in total. The third kappa shape index (κ3) is 3.11. The van der Waals surface area contributed by atoms with Crippen molar-refractivity contribution in [3.05, 3.63) is 24.5 Å². The summed E-state index contributed by atoms with van der Waals surface area (Å²) in [5.74, 6) is 0. The summed E-state index contributed by atoms with van der Waals surface area (Å²) in [6.07, 6.45) is 6.61. The maximum absolute atomic E-state index is 8.27. The number of nitrogens with zero attached hydrogens (tertiary/aromatic N) is 2. The summed E-state index contributed by atoms with van der Waals surface area (Å²) >= 11 is 0. The van der Waals surface area contributed by atoms with Crippen LogP contribution < -0.4 is 5.43 Å². The molecule has 3 nitrogen and oxygen atoms in total. The van der Waals surface area contributed by atoms with Crippen molar-refractivity contribution in [2.75, 3.05) is 12.0 Å². The van der Waals surface area contributed by atoms with Gasteiger partial charge in [-0.05, 0) is 25.0 Å². The van der Waals surface area contributed by atoms with E-state index in [1.807, 2.05) is 29.2 Å². The standard InChI is InChI=1S/C9H13N3/c10-6-2-1-3-7-11-12-8-4-5-9-12/h4-5,8-9,11H,1-3,7H2. The van der Waals surface area contributed by atoms with E-state index in [0.29, 0.717) is 6.42 Å². The Balaban J connectivity index is 2.01. The molecule has 1 rings (SSSR count). The van der Waals surface area contributed by atoms with Gasteiger partial charge in [0.2, 0.25) is 0 Å². The van der Waals surface area contributed by atoms with Crippen LogP contribution in [0.5, 0.6) is 0 Å². The number of hydrogen-bond donors (Lipinski definition) is 1. The van der Waals surface area contributed by atoms with Crippen molar-refractivity contribution in [1.29, 1.82) is 5.26 Å². The molecule has 0 aliphatic heterocycles. The van der Waals surface area contributed by atoms with E-state index in [4.69, 9.17) is 5.26 Å². The molecule has 0 aliphatic rings. The molecule has 0 amide bonds. The van der Waals surface area contributed by atoms with Gasteiger partial charge in [0.1, 0.15) is 0 Å². The third-order valence-electron chi connectivity index (χ3n) is 1.61. The van der Waals surface area contributed by atoms with Crippen molar-refractivity contribution in [2.24, 2.45) is 0 Å². The summed E-state index contributed by atoms with van der Waals surface area (Å²) < 4.78 is 1.92. The number of hydrogen-bond acceptors (Lipinski definition) is 2. The molecule has 0 unspecified atom stereocenters. The van der Waals surface area contributed by atoms with Crippen LogP contribution in [-0.4, -0.2) is 11.2 Å². The molecule has 0 saturated heterocycles. The van der Waals surface area contributed by atoms with Gasteiger partial charge in [-0.25, -0.2) is 0 Å². The van der Waals surface area contributed by atoms with Gasteiger partial charge in [-0.3, -0.25) is 4.68 Å². The second-order valence-corrected chi connectivity index (χ2v) is 2.61.